The summed E-state index contributed by atoms with van der Waals surface area (Å²) in [5.41, 5.74) is 8.61. The van der Waals surface area contributed by atoms with Crippen molar-refractivity contribution >= 4 is 23.0 Å². The van der Waals surface area contributed by atoms with Gasteiger partial charge in [-0.25, -0.2) is 4.39 Å². The number of anilines is 2. The van der Waals surface area contributed by atoms with Crippen LogP contribution < -0.4 is 11.1 Å². The van der Waals surface area contributed by atoms with Gasteiger partial charge in [-0.15, -0.1) is 0 Å². The summed E-state index contributed by atoms with van der Waals surface area (Å²) in [6, 6.07) is 2.68. The highest BCUT2D eigenvalue weighted by Crippen LogP contribution is 2.26. The molecule has 0 amide bonds. The lowest BCUT2D eigenvalue weighted by Gasteiger charge is -2.09. The standard InChI is InChI=1S/C11H12ClFN4/c1-6-7(5-16-17-6)4-15-11-2-8(12)9(13)3-10(11)14/h2-3,5,15H,4,14H2,1H3,(H,16,17). The molecule has 1 heterocycles. The maximum absolute atomic E-state index is 13.1. The quantitative estimate of drug-likeness (QED) is 0.738. The first-order chi connectivity index (χ1) is 8.08. The molecule has 0 atom stereocenters. The number of halogens is 2. The number of nitrogen functional groups attached to an aromatic ring is 1. The fraction of sp³-hybridized carbons (Fsp3) is 0.182. The molecule has 0 saturated heterocycles. The zero-order valence-corrected chi connectivity index (χ0v) is 9.98. The number of aromatic nitrogens is 2. The van der Waals surface area contributed by atoms with Gasteiger partial charge in [0.05, 0.1) is 22.6 Å². The molecule has 0 aliphatic carbocycles. The van der Waals surface area contributed by atoms with Gasteiger partial charge in [0.15, 0.2) is 0 Å². The molecule has 90 valence electrons. The molecule has 1 aromatic carbocycles. The molecule has 0 bridgehead atoms. The Hall–Kier alpha value is -1.75. The van der Waals surface area contributed by atoms with Crippen molar-refractivity contribution in [1.29, 1.82) is 0 Å². The van der Waals surface area contributed by atoms with Gasteiger partial charge in [0.25, 0.3) is 0 Å². The maximum Gasteiger partial charge on any atom is 0.143 e. The Morgan fingerprint density at radius 3 is 2.94 bits per heavy atom. The van der Waals surface area contributed by atoms with Gasteiger partial charge in [-0.2, -0.15) is 5.10 Å². The van der Waals surface area contributed by atoms with Crippen LogP contribution in [0.5, 0.6) is 0 Å². The van der Waals surface area contributed by atoms with Crippen LogP contribution in [0.3, 0.4) is 0 Å². The molecular formula is C11H12ClFN4. The average Bonchev–Trinajstić information content (AvgIpc) is 2.68. The van der Waals surface area contributed by atoms with Crippen molar-refractivity contribution in [3.8, 4) is 0 Å². The van der Waals surface area contributed by atoms with E-state index in [4.69, 9.17) is 17.3 Å². The highest BCUT2D eigenvalue weighted by molar-refractivity contribution is 6.31. The van der Waals surface area contributed by atoms with E-state index in [9.17, 15) is 4.39 Å². The first-order valence-corrected chi connectivity index (χ1v) is 5.43. The Morgan fingerprint density at radius 2 is 2.29 bits per heavy atom. The molecule has 0 aliphatic heterocycles. The molecule has 0 saturated carbocycles. The molecule has 4 N–H and O–H groups in total. The summed E-state index contributed by atoms with van der Waals surface area (Å²) in [5.74, 6) is -0.519. The van der Waals surface area contributed by atoms with E-state index in [0.717, 1.165) is 11.3 Å². The highest BCUT2D eigenvalue weighted by atomic mass is 35.5. The second kappa shape index (κ2) is 4.63. The number of nitrogens with two attached hydrogens (primary N) is 1. The highest BCUT2D eigenvalue weighted by Gasteiger charge is 2.07. The monoisotopic (exact) mass is 254 g/mol. The van der Waals surface area contributed by atoms with Gasteiger partial charge in [0.1, 0.15) is 5.82 Å². The van der Waals surface area contributed by atoms with E-state index in [1.54, 1.807) is 6.20 Å². The normalized spacial score (nSPS) is 10.5. The van der Waals surface area contributed by atoms with E-state index in [2.05, 4.69) is 15.5 Å². The van der Waals surface area contributed by atoms with Crippen molar-refractivity contribution in [1.82, 2.24) is 10.2 Å². The minimum atomic E-state index is -0.519. The van der Waals surface area contributed by atoms with Crippen LogP contribution in [0.1, 0.15) is 11.3 Å². The summed E-state index contributed by atoms with van der Waals surface area (Å²) in [5, 5.41) is 9.87. The molecule has 6 heteroatoms. The van der Waals surface area contributed by atoms with Crippen molar-refractivity contribution in [2.24, 2.45) is 0 Å². The van der Waals surface area contributed by atoms with Gasteiger partial charge in [0.2, 0.25) is 0 Å². The van der Waals surface area contributed by atoms with Crippen LogP contribution in [0, 0.1) is 12.7 Å². The van der Waals surface area contributed by atoms with Crippen molar-refractivity contribution in [3.63, 3.8) is 0 Å². The van der Waals surface area contributed by atoms with Crippen LogP contribution in [0.4, 0.5) is 15.8 Å². The molecule has 2 rings (SSSR count). The molecule has 0 radical (unpaired) electrons. The summed E-state index contributed by atoms with van der Waals surface area (Å²) in [6.07, 6.45) is 1.73. The van der Waals surface area contributed by atoms with Gasteiger partial charge in [-0.05, 0) is 13.0 Å². The third kappa shape index (κ3) is 2.50. The topological polar surface area (TPSA) is 66.7 Å². The average molecular weight is 255 g/mol. The van der Waals surface area contributed by atoms with E-state index >= 15 is 0 Å². The SMILES string of the molecule is Cc1[nH]ncc1CNc1cc(Cl)c(F)cc1N. The minimum Gasteiger partial charge on any atom is -0.397 e. The molecule has 0 unspecified atom stereocenters. The number of hydrogen-bond acceptors (Lipinski definition) is 3. The van der Waals surface area contributed by atoms with Crippen LogP contribution >= 0.6 is 11.6 Å². The zero-order valence-electron chi connectivity index (χ0n) is 9.22. The van der Waals surface area contributed by atoms with Crippen molar-refractivity contribution in [2.75, 3.05) is 11.1 Å². The van der Waals surface area contributed by atoms with E-state index in [-0.39, 0.29) is 5.02 Å². The molecule has 4 nitrogen and oxygen atoms in total. The molecule has 17 heavy (non-hydrogen) atoms. The predicted octanol–water partition coefficient (Wildman–Crippen LogP) is 2.70. The van der Waals surface area contributed by atoms with E-state index in [0.29, 0.717) is 17.9 Å². The van der Waals surface area contributed by atoms with Gasteiger partial charge in [-0.3, -0.25) is 5.10 Å². The van der Waals surface area contributed by atoms with Gasteiger partial charge < -0.3 is 11.1 Å². The fourth-order valence-electron chi connectivity index (χ4n) is 1.46. The second-order valence-electron chi connectivity index (χ2n) is 3.73. The minimum absolute atomic E-state index is 0.0469. The maximum atomic E-state index is 13.1. The smallest absolute Gasteiger partial charge is 0.143 e. The van der Waals surface area contributed by atoms with Gasteiger partial charge >= 0.3 is 0 Å². The number of nitrogens with zero attached hydrogens (tertiary/aromatic N) is 1. The Morgan fingerprint density at radius 1 is 1.53 bits per heavy atom. The number of H-pyrrole nitrogens is 1. The first kappa shape index (κ1) is 11.7. The summed E-state index contributed by atoms with van der Waals surface area (Å²) < 4.78 is 13.1. The van der Waals surface area contributed by atoms with Crippen LogP contribution in [-0.4, -0.2) is 10.2 Å². The number of hydrogen-bond donors (Lipinski definition) is 3. The Balaban J connectivity index is 2.14. The van der Waals surface area contributed by atoms with E-state index < -0.39 is 5.82 Å². The number of aryl methyl sites for hydroxylation is 1. The molecule has 0 aliphatic rings. The molecule has 0 fully saturated rings. The summed E-state index contributed by atoms with van der Waals surface area (Å²) in [7, 11) is 0. The van der Waals surface area contributed by atoms with Crippen LogP contribution in [0.2, 0.25) is 5.02 Å². The lowest BCUT2D eigenvalue weighted by atomic mass is 10.2. The second-order valence-corrected chi connectivity index (χ2v) is 4.13. The third-order valence-corrected chi connectivity index (χ3v) is 2.79. The van der Waals surface area contributed by atoms with Crippen molar-refractivity contribution in [3.05, 3.63) is 40.4 Å². The Bertz CT molecular complexity index is 538. The molecule has 1 aromatic heterocycles. The van der Waals surface area contributed by atoms with E-state index in [1.807, 2.05) is 6.92 Å². The zero-order chi connectivity index (χ0) is 12.4. The van der Waals surface area contributed by atoms with Gasteiger partial charge in [0, 0.05) is 23.9 Å². The number of rotatable bonds is 3. The summed E-state index contributed by atoms with van der Waals surface area (Å²) >= 11 is 5.69. The third-order valence-electron chi connectivity index (χ3n) is 2.50. The Labute approximate surface area is 103 Å². The summed E-state index contributed by atoms with van der Waals surface area (Å²) in [6.45, 7) is 2.47. The largest absolute Gasteiger partial charge is 0.397 e. The lowest BCUT2D eigenvalue weighted by molar-refractivity contribution is 0.629. The van der Waals surface area contributed by atoms with Gasteiger partial charge in [-0.1, -0.05) is 11.6 Å². The van der Waals surface area contributed by atoms with Crippen molar-refractivity contribution in [2.45, 2.75) is 13.5 Å². The van der Waals surface area contributed by atoms with Crippen LogP contribution in [0.25, 0.3) is 0 Å². The number of nitrogens with one attached hydrogen (secondary N) is 2. The molecular weight excluding hydrogens is 243 g/mol. The van der Waals surface area contributed by atoms with E-state index in [1.165, 1.54) is 12.1 Å². The first-order valence-electron chi connectivity index (χ1n) is 5.05. The van der Waals surface area contributed by atoms with Crippen LogP contribution in [-0.2, 0) is 6.54 Å². The molecule has 0 spiro atoms. The lowest BCUT2D eigenvalue weighted by Crippen LogP contribution is -2.03. The molecule has 2 aromatic rings. The summed E-state index contributed by atoms with van der Waals surface area (Å²) in [4.78, 5) is 0. The Kier molecular flexibility index (Phi) is 3.19. The van der Waals surface area contributed by atoms with Crippen LogP contribution in [0.15, 0.2) is 18.3 Å². The van der Waals surface area contributed by atoms with Crippen molar-refractivity contribution < 1.29 is 4.39 Å². The predicted molar refractivity (Wildman–Crippen MR) is 66.5 cm³/mol. The number of benzene rings is 1. The number of aromatic amines is 1. The fourth-order valence-corrected chi connectivity index (χ4v) is 1.62.